The topological polar surface area (TPSA) is 38.3 Å². The minimum atomic E-state index is -0.797. The maximum atomic E-state index is 13.5. The quantitative estimate of drug-likeness (QED) is 0.598. The molecule has 0 saturated heterocycles. The summed E-state index contributed by atoms with van der Waals surface area (Å²) in [6, 6.07) is 25.0. The molecule has 0 bridgehead atoms. The summed E-state index contributed by atoms with van der Waals surface area (Å²) in [5.74, 6) is 0.478. The molecule has 3 aromatic rings. The van der Waals surface area contributed by atoms with Gasteiger partial charge in [0.2, 0.25) is 5.91 Å². The van der Waals surface area contributed by atoms with Crippen LogP contribution in [0.2, 0.25) is 5.02 Å². The fourth-order valence-corrected chi connectivity index (χ4v) is 3.68. The van der Waals surface area contributed by atoms with Gasteiger partial charge in [0.25, 0.3) is 0 Å². The number of nitrogens with one attached hydrogen (secondary N) is 1. The Morgan fingerprint density at radius 1 is 0.963 bits per heavy atom. The lowest BCUT2D eigenvalue weighted by atomic mass is 9.71. The van der Waals surface area contributed by atoms with Crippen LogP contribution in [0.5, 0.6) is 5.75 Å². The molecule has 1 amide bonds. The van der Waals surface area contributed by atoms with Crippen molar-refractivity contribution in [2.24, 2.45) is 0 Å². The number of benzene rings is 3. The van der Waals surface area contributed by atoms with Crippen LogP contribution < -0.4 is 10.1 Å². The van der Waals surface area contributed by atoms with Crippen molar-refractivity contribution in [3.05, 3.63) is 95.0 Å². The number of halogens is 1. The highest BCUT2D eigenvalue weighted by Crippen LogP contribution is 2.37. The summed E-state index contributed by atoms with van der Waals surface area (Å²) < 4.78 is 5.19. The molecular formula is C23H22ClNO2. The number of anilines is 1. The van der Waals surface area contributed by atoms with E-state index in [2.05, 4.69) is 5.32 Å². The smallest absolute Gasteiger partial charge is 0.239 e. The van der Waals surface area contributed by atoms with Gasteiger partial charge in [-0.3, -0.25) is 4.79 Å². The minimum Gasteiger partial charge on any atom is -0.495 e. The first-order valence-corrected chi connectivity index (χ1v) is 9.25. The lowest BCUT2D eigenvalue weighted by Crippen LogP contribution is -2.41. The first-order valence-electron chi connectivity index (χ1n) is 8.88. The Kier molecular flexibility index (Phi) is 5.82. The molecule has 0 saturated carbocycles. The van der Waals surface area contributed by atoms with Crippen molar-refractivity contribution < 1.29 is 9.53 Å². The van der Waals surface area contributed by atoms with Crippen LogP contribution in [0.25, 0.3) is 0 Å². The number of carbonyl (C=O) groups is 1. The lowest BCUT2D eigenvalue weighted by Gasteiger charge is -2.33. The van der Waals surface area contributed by atoms with E-state index in [1.54, 1.807) is 25.3 Å². The second-order valence-corrected chi connectivity index (χ2v) is 6.70. The van der Waals surface area contributed by atoms with Crippen molar-refractivity contribution in [3.8, 4) is 5.75 Å². The number of amides is 1. The third kappa shape index (κ3) is 3.69. The van der Waals surface area contributed by atoms with E-state index in [9.17, 15) is 4.79 Å². The van der Waals surface area contributed by atoms with Crippen LogP contribution in [0.15, 0.2) is 78.9 Å². The molecule has 0 aromatic heterocycles. The molecule has 27 heavy (non-hydrogen) atoms. The molecule has 0 spiro atoms. The van der Waals surface area contributed by atoms with Crippen LogP contribution in [0.3, 0.4) is 0 Å². The predicted octanol–water partition coefficient (Wildman–Crippen LogP) is 5.68. The molecule has 0 radical (unpaired) electrons. The summed E-state index contributed by atoms with van der Waals surface area (Å²) in [4.78, 5) is 13.5. The van der Waals surface area contributed by atoms with E-state index in [-0.39, 0.29) is 5.91 Å². The molecule has 0 aliphatic rings. The normalized spacial score (nSPS) is 11.1. The average molecular weight is 380 g/mol. The zero-order chi connectivity index (χ0) is 19.3. The SMILES string of the molecule is CCC(C(=O)Nc1ccc(OC)c(Cl)c1)(c1ccccc1)c1ccccc1. The maximum absolute atomic E-state index is 13.5. The van der Waals surface area contributed by atoms with Gasteiger partial charge in [-0.1, -0.05) is 79.2 Å². The zero-order valence-electron chi connectivity index (χ0n) is 15.4. The van der Waals surface area contributed by atoms with Gasteiger partial charge in [-0.15, -0.1) is 0 Å². The Labute approximate surface area is 164 Å². The maximum Gasteiger partial charge on any atom is 0.239 e. The molecular weight excluding hydrogens is 358 g/mol. The highest BCUT2D eigenvalue weighted by Gasteiger charge is 2.40. The predicted molar refractivity (Wildman–Crippen MR) is 111 cm³/mol. The van der Waals surface area contributed by atoms with Crippen molar-refractivity contribution >= 4 is 23.2 Å². The van der Waals surface area contributed by atoms with Gasteiger partial charge in [0.15, 0.2) is 0 Å². The Hall–Kier alpha value is -2.78. The van der Waals surface area contributed by atoms with Crippen LogP contribution in [-0.2, 0) is 10.2 Å². The number of hydrogen-bond acceptors (Lipinski definition) is 2. The van der Waals surface area contributed by atoms with E-state index < -0.39 is 5.41 Å². The Morgan fingerprint density at radius 2 is 1.52 bits per heavy atom. The second-order valence-electron chi connectivity index (χ2n) is 6.29. The van der Waals surface area contributed by atoms with E-state index in [1.165, 1.54) is 0 Å². The largest absolute Gasteiger partial charge is 0.495 e. The Bertz CT molecular complexity index is 871. The molecule has 0 heterocycles. The third-order valence-corrected chi connectivity index (χ3v) is 5.16. The molecule has 138 valence electrons. The van der Waals surface area contributed by atoms with Gasteiger partial charge in [-0.25, -0.2) is 0 Å². The minimum absolute atomic E-state index is 0.0939. The summed E-state index contributed by atoms with van der Waals surface area (Å²) in [6.45, 7) is 2.03. The molecule has 0 aliphatic heterocycles. The highest BCUT2D eigenvalue weighted by atomic mass is 35.5. The number of ether oxygens (including phenoxy) is 1. The standard InChI is InChI=1S/C23H22ClNO2/c1-3-23(17-10-6-4-7-11-17,18-12-8-5-9-13-18)22(26)25-19-14-15-21(27-2)20(24)16-19/h4-16H,3H2,1-2H3,(H,25,26). The van der Waals surface area contributed by atoms with Crippen molar-refractivity contribution in [1.29, 1.82) is 0 Å². The van der Waals surface area contributed by atoms with Crippen molar-refractivity contribution in [1.82, 2.24) is 0 Å². The van der Waals surface area contributed by atoms with Crippen LogP contribution >= 0.6 is 11.6 Å². The molecule has 3 rings (SSSR count). The van der Waals surface area contributed by atoms with Gasteiger partial charge in [-0.05, 0) is 35.7 Å². The van der Waals surface area contributed by atoms with Gasteiger partial charge >= 0.3 is 0 Å². The van der Waals surface area contributed by atoms with Crippen molar-refractivity contribution in [3.63, 3.8) is 0 Å². The van der Waals surface area contributed by atoms with Crippen LogP contribution in [-0.4, -0.2) is 13.0 Å². The molecule has 0 fully saturated rings. The van der Waals surface area contributed by atoms with Crippen LogP contribution in [0.4, 0.5) is 5.69 Å². The number of methoxy groups -OCH3 is 1. The molecule has 3 nitrogen and oxygen atoms in total. The molecule has 0 aliphatic carbocycles. The van der Waals surface area contributed by atoms with Crippen molar-refractivity contribution in [2.75, 3.05) is 12.4 Å². The fraction of sp³-hybridized carbons (Fsp3) is 0.174. The summed E-state index contributed by atoms with van der Waals surface area (Å²) in [6.07, 6.45) is 0.622. The van der Waals surface area contributed by atoms with Crippen LogP contribution in [0, 0.1) is 0 Å². The average Bonchev–Trinajstić information content (AvgIpc) is 2.71. The van der Waals surface area contributed by atoms with Crippen LogP contribution in [0.1, 0.15) is 24.5 Å². The van der Waals surface area contributed by atoms with Gasteiger partial charge in [0.05, 0.1) is 17.5 Å². The van der Waals surface area contributed by atoms with Gasteiger partial charge in [-0.2, -0.15) is 0 Å². The summed E-state index contributed by atoms with van der Waals surface area (Å²) in [5.41, 5.74) is 1.75. The highest BCUT2D eigenvalue weighted by molar-refractivity contribution is 6.32. The molecule has 4 heteroatoms. The summed E-state index contributed by atoms with van der Waals surface area (Å²) in [5, 5.41) is 3.50. The second kappa shape index (κ2) is 8.28. The van der Waals surface area contributed by atoms with E-state index in [4.69, 9.17) is 16.3 Å². The lowest BCUT2D eigenvalue weighted by molar-refractivity contribution is -0.120. The molecule has 0 unspecified atom stereocenters. The monoisotopic (exact) mass is 379 g/mol. The van der Waals surface area contributed by atoms with E-state index in [1.807, 2.05) is 67.6 Å². The van der Waals surface area contributed by atoms with Gasteiger partial charge in [0, 0.05) is 5.69 Å². The first-order chi connectivity index (χ1) is 13.1. The molecule has 3 aromatic carbocycles. The van der Waals surface area contributed by atoms with Gasteiger partial charge in [0.1, 0.15) is 5.75 Å². The van der Waals surface area contributed by atoms with Gasteiger partial charge < -0.3 is 10.1 Å². The van der Waals surface area contributed by atoms with E-state index in [0.717, 1.165) is 11.1 Å². The number of hydrogen-bond donors (Lipinski definition) is 1. The number of rotatable bonds is 6. The fourth-order valence-electron chi connectivity index (χ4n) is 3.42. The Balaban J connectivity index is 2.05. The zero-order valence-corrected chi connectivity index (χ0v) is 16.2. The molecule has 0 atom stereocenters. The Morgan fingerprint density at radius 3 is 1.96 bits per heavy atom. The first kappa shape index (κ1) is 19.0. The molecule has 1 N–H and O–H groups in total. The van der Waals surface area contributed by atoms with E-state index >= 15 is 0 Å². The van der Waals surface area contributed by atoms with E-state index in [0.29, 0.717) is 22.9 Å². The van der Waals surface area contributed by atoms with Crippen molar-refractivity contribution in [2.45, 2.75) is 18.8 Å². The number of carbonyl (C=O) groups excluding carboxylic acids is 1. The summed E-state index contributed by atoms with van der Waals surface area (Å²) >= 11 is 6.22. The summed E-state index contributed by atoms with van der Waals surface area (Å²) in [7, 11) is 1.56. The third-order valence-electron chi connectivity index (χ3n) is 4.86.